The molecular weight excluding hydrogens is 1160 g/mol. The van der Waals surface area contributed by atoms with Crippen molar-refractivity contribution in [1.82, 2.24) is 0 Å². The lowest BCUT2D eigenvalue weighted by atomic mass is 9.81. The van der Waals surface area contributed by atoms with Gasteiger partial charge in [-0.25, -0.2) is 0 Å². The van der Waals surface area contributed by atoms with Gasteiger partial charge in [-0.1, -0.05) is 230 Å². The molecule has 0 saturated carbocycles. The van der Waals surface area contributed by atoms with Gasteiger partial charge in [-0.2, -0.15) is 43.2 Å². The minimum Gasteiger partial charge on any atom is -0.423 e. The van der Waals surface area contributed by atoms with Gasteiger partial charge in [0.15, 0.2) is 0 Å². The van der Waals surface area contributed by atoms with E-state index in [9.17, 15) is 43.2 Å². The summed E-state index contributed by atoms with van der Waals surface area (Å²) in [6.07, 6.45) is 0. The Bertz CT molecular complexity index is 4110. The quantitative estimate of drug-likeness (QED) is 0.0633. The van der Waals surface area contributed by atoms with Crippen LogP contribution >= 0.6 is 0 Å². The zero-order chi connectivity index (χ0) is 64.0. The summed E-state index contributed by atoms with van der Waals surface area (Å²) >= 11 is 0. The van der Waals surface area contributed by atoms with E-state index in [4.69, 9.17) is 10.0 Å². The van der Waals surface area contributed by atoms with Gasteiger partial charge >= 0.3 is 38.4 Å². The van der Waals surface area contributed by atoms with Crippen LogP contribution in [-0.4, -0.2) is 45.0 Å². The van der Waals surface area contributed by atoms with E-state index >= 15 is 0 Å². The van der Waals surface area contributed by atoms with Gasteiger partial charge in [0, 0.05) is 11.1 Å². The summed E-state index contributed by atoms with van der Waals surface area (Å²) in [5, 5.41) is 23.6. The van der Waals surface area contributed by atoms with Gasteiger partial charge in [0.2, 0.25) is 0 Å². The molecule has 8 nitrogen and oxygen atoms in total. The molecule has 0 aliphatic rings. The minimum absolute atomic E-state index is 0.0967. The second kappa shape index (κ2) is 29.3. The Morgan fingerprint density at radius 2 is 0.586 bits per heavy atom. The molecule has 87 heavy (non-hydrogen) atoms. The third-order valence-corrected chi connectivity index (χ3v) is 15.8. The van der Waals surface area contributed by atoms with Crippen molar-refractivity contribution in [3.63, 3.8) is 0 Å². The van der Waals surface area contributed by atoms with Gasteiger partial charge in [-0.15, -0.1) is 0 Å². The highest BCUT2D eigenvalue weighted by atomic mass is 32.2. The highest BCUT2D eigenvalue weighted by Gasteiger charge is 2.50. The number of hydrogen-bond donors (Lipinski definition) is 2. The molecule has 0 fully saturated rings. The third kappa shape index (κ3) is 15.0. The molecule has 11 aromatic rings. The predicted molar refractivity (Wildman–Crippen MR) is 345 cm³/mol. The summed E-state index contributed by atoms with van der Waals surface area (Å²) in [6.45, 7) is 19.1. The number of hydrogen-bond acceptors (Lipinski definition) is 8. The van der Waals surface area contributed by atoms with Crippen LogP contribution in [0, 0.1) is 27.7 Å². The van der Waals surface area contributed by atoms with E-state index in [1.54, 1.807) is 48.5 Å². The summed E-state index contributed by atoms with van der Waals surface area (Å²) in [5.74, 6) is -1.34. The number of alkyl halides is 6. The molecule has 0 unspecified atom stereocenters. The maximum absolute atomic E-state index is 13.1. The lowest BCUT2D eigenvalue weighted by molar-refractivity contribution is -0.0505. The van der Waals surface area contributed by atoms with Gasteiger partial charge in [-0.3, -0.25) is 0 Å². The lowest BCUT2D eigenvalue weighted by Gasteiger charge is -2.21. The standard InChI is InChI=1S/C34H26.C24H16F6O6S2.C6H7BO2.3C2H6/c1-23-31(25-13-5-3-6-14-25)21-27-17-9-11-19-29(27)33(23)34-24(2)32(26-15-7-4-8-16-26)22-28-18-10-12-20-30(28)34;1-13-19(35-37(31,32)23(25,26)27)11-15-7-3-5-9-17(15)21(13)22-14(2)20(36-38(33,34)24(28,29)30)12-16-8-4-6-10-18(16)22;8-7(9)6-4-2-1-3-5-6;3*1-2/h3-22H,1-2H3;3-12H,1-2H3;1-5,8-9H;3*1-2H3. The normalized spacial score (nSPS) is 11.3. The Kier molecular flexibility index (Phi) is 22.8. The molecule has 0 aromatic heterocycles. The maximum Gasteiger partial charge on any atom is 0.534 e. The number of fused-ring (bicyclic) bond motifs is 4. The van der Waals surface area contributed by atoms with E-state index < -0.39 is 49.9 Å². The molecule has 452 valence electrons. The predicted octanol–water partition coefficient (Wildman–Crippen LogP) is 18.8. The first-order valence-corrected chi connectivity index (χ1v) is 30.9. The second-order valence-electron chi connectivity index (χ2n) is 19.0. The van der Waals surface area contributed by atoms with Crippen molar-refractivity contribution in [2.75, 3.05) is 0 Å². The molecule has 11 rings (SSSR count). The number of rotatable bonds is 9. The fourth-order valence-electron chi connectivity index (χ4n) is 10.0. The van der Waals surface area contributed by atoms with Crippen molar-refractivity contribution < 1.29 is 61.6 Å². The van der Waals surface area contributed by atoms with E-state index in [0.717, 1.165) is 12.1 Å². The monoisotopic (exact) mass is 1220 g/mol. The molecule has 0 amide bonds. The molecule has 17 heteroatoms. The van der Waals surface area contributed by atoms with Crippen LogP contribution in [0.4, 0.5) is 26.3 Å². The molecule has 0 radical (unpaired) electrons. The average Bonchev–Trinajstić information content (AvgIpc) is 1.22. The molecular formula is C70H67BF6O8S2. The van der Waals surface area contributed by atoms with Crippen molar-refractivity contribution in [3.8, 4) is 56.0 Å². The number of halogens is 6. The van der Waals surface area contributed by atoms with Crippen LogP contribution < -0.4 is 13.8 Å². The summed E-state index contributed by atoms with van der Waals surface area (Å²) in [5.41, 5.74) is -0.483. The SMILES string of the molecule is CC.CC.CC.Cc1c(-c2ccccc2)cc2ccccc2c1-c1c(C)c(-c2ccccc2)cc2ccccc12.Cc1c(OS(=O)(=O)C(F)(F)F)cc2ccccc2c1-c1c(C)c(OS(=O)(=O)C(F)(F)F)cc2ccccc12.OB(O)c1ccccc1. The highest BCUT2D eigenvalue weighted by Crippen LogP contribution is 2.48. The molecule has 2 N–H and O–H groups in total. The molecule has 0 atom stereocenters. The molecule has 0 aliphatic carbocycles. The summed E-state index contributed by atoms with van der Waals surface area (Å²) in [7, 11) is -13.5. The van der Waals surface area contributed by atoms with E-state index in [1.807, 2.05) is 47.6 Å². The highest BCUT2D eigenvalue weighted by molar-refractivity contribution is 7.88. The van der Waals surface area contributed by atoms with Crippen LogP contribution in [-0.2, 0) is 20.2 Å². The van der Waals surface area contributed by atoms with E-state index in [0.29, 0.717) is 16.2 Å². The molecule has 0 spiro atoms. The average molecular weight is 1230 g/mol. The van der Waals surface area contributed by atoms with E-state index in [1.165, 1.54) is 104 Å². The third-order valence-electron chi connectivity index (χ3n) is 13.9. The summed E-state index contributed by atoms with van der Waals surface area (Å²) in [4.78, 5) is 0. The van der Waals surface area contributed by atoms with Gasteiger partial charge in [-0.05, 0) is 156 Å². The molecule has 0 bridgehead atoms. The van der Waals surface area contributed by atoms with Crippen LogP contribution in [0.5, 0.6) is 11.5 Å². The van der Waals surface area contributed by atoms with Crippen molar-refractivity contribution in [1.29, 1.82) is 0 Å². The van der Waals surface area contributed by atoms with Gasteiger partial charge < -0.3 is 18.4 Å². The molecule has 0 aliphatic heterocycles. The fourth-order valence-corrected chi connectivity index (χ4v) is 11.0. The van der Waals surface area contributed by atoms with Crippen molar-refractivity contribution in [2.45, 2.75) is 80.3 Å². The Balaban J connectivity index is 0.000000226. The van der Waals surface area contributed by atoms with Gasteiger partial charge in [0.25, 0.3) is 0 Å². The van der Waals surface area contributed by atoms with E-state index in [2.05, 4.69) is 144 Å². The summed E-state index contributed by atoms with van der Waals surface area (Å²) < 4.78 is 135. The molecule has 0 heterocycles. The zero-order valence-electron chi connectivity index (χ0n) is 49.7. The lowest BCUT2D eigenvalue weighted by Crippen LogP contribution is -2.29. The molecule has 11 aromatic carbocycles. The first-order chi connectivity index (χ1) is 41.5. The van der Waals surface area contributed by atoms with E-state index in [-0.39, 0.29) is 33.0 Å². The van der Waals surface area contributed by atoms with Crippen molar-refractivity contribution in [3.05, 3.63) is 235 Å². The summed E-state index contributed by atoms with van der Waals surface area (Å²) in [6, 6.07) is 67.0. The molecule has 0 saturated heterocycles. The maximum atomic E-state index is 13.1. The van der Waals surface area contributed by atoms with Crippen LogP contribution in [0.3, 0.4) is 0 Å². The van der Waals surface area contributed by atoms with Crippen LogP contribution in [0.25, 0.3) is 87.6 Å². The largest absolute Gasteiger partial charge is 0.534 e. The van der Waals surface area contributed by atoms with Crippen molar-refractivity contribution >= 4 is 75.9 Å². The fraction of sp³-hybridized carbons (Fsp3) is 0.171. The number of benzene rings is 11. The van der Waals surface area contributed by atoms with Crippen LogP contribution in [0.1, 0.15) is 63.8 Å². The van der Waals surface area contributed by atoms with Gasteiger partial charge in [0.05, 0.1) is 0 Å². The smallest absolute Gasteiger partial charge is 0.423 e. The topological polar surface area (TPSA) is 127 Å². The zero-order valence-corrected chi connectivity index (χ0v) is 51.3. The Morgan fingerprint density at radius 1 is 0.345 bits per heavy atom. The Hall–Kier alpha value is -8.48. The minimum atomic E-state index is -6.07. The Morgan fingerprint density at radius 3 is 0.851 bits per heavy atom. The van der Waals surface area contributed by atoms with Gasteiger partial charge in [0.1, 0.15) is 11.5 Å². The van der Waals surface area contributed by atoms with Crippen LogP contribution in [0.2, 0.25) is 0 Å². The second-order valence-corrected chi connectivity index (χ2v) is 22.0. The first kappa shape index (κ1) is 67.6. The Labute approximate surface area is 505 Å². The first-order valence-electron chi connectivity index (χ1n) is 28.1. The van der Waals surface area contributed by atoms with Crippen molar-refractivity contribution in [2.24, 2.45) is 0 Å². The van der Waals surface area contributed by atoms with Crippen LogP contribution in [0.15, 0.2) is 212 Å².